The van der Waals surface area contributed by atoms with Gasteiger partial charge in [0.1, 0.15) is 5.60 Å². The highest BCUT2D eigenvalue weighted by Gasteiger charge is 2.61. The molecule has 5 heteroatoms. The second kappa shape index (κ2) is 5.90. The van der Waals surface area contributed by atoms with Crippen LogP contribution in [0.1, 0.15) is 66.2 Å². The highest BCUT2D eigenvalue weighted by molar-refractivity contribution is 5.98. The number of rotatable bonds is 3. The Morgan fingerprint density at radius 1 is 1.27 bits per heavy atom. The Hall–Kier alpha value is -1.20. The van der Waals surface area contributed by atoms with E-state index in [1.807, 2.05) is 13.0 Å². The van der Waals surface area contributed by atoms with Gasteiger partial charge in [-0.3, -0.25) is 9.59 Å². The van der Waals surface area contributed by atoms with Crippen molar-refractivity contribution < 1.29 is 24.5 Å². The number of allylic oxidation sites excluding steroid dienone is 1. The van der Waals surface area contributed by atoms with Crippen LogP contribution in [-0.2, 0) is 14.3 Å². The van der Waals surface area contributed by atoms with Crippen molar-refractivity contribution >= 4 is 11.8 Å². The maximum absolute atomic E-state index is 13.1. The molecule has 0 aromatic heterocycles. The van der Waals surface area contributed by atoms with Gasteiger partial charge in [0.2, 0.25) is 0 Å². The van der Waals surface area contributed by atoms with Gasteiger partial charge in [0.25, 0.3) is 0 Å². The smallest absolute Gasteiger partial charge is 0.309 e. The predicted molar refractivity (Wildman–Crippen MR) is 97.7 cm³/mol. The first kappa shape index (κ1) is 19.6. The van der Waals surface area contributed by atoms with Crippen molar-refractivity contribution in [2.45, 2.75) is 77.4 Å². The van der Waals surface area contributed by atoms with E-state index in [4.69, 9.17) is 4.74 Å². The summed E-state index contributed by atoms with van der Waals surface area (Å²) in [5, 5.41) is 20.5. The van der Waals surface area contributed by atoms with Crippen LogP contribution >= 0.6 is 0 Å². The number of hydrogen-bond donors (Lipinski definition) is 2. The van der Waals surface area contributed by atoms with Crippen LogP contribution in [0, 0.1) is 22.7 Å². The molecule has 3 aliphatic rings. The fourth-order valence-electron chi connectivity index (χ4n) is 6.14. The van der Waals surface area contributed by atoms with Gasteiger partial charge in [0, 0.05) is 13.5 Å². The van der Waals surface area contributed by atoms with E-state index < -0.39 is 22.6 Å². The largest absolute Gasteiger partial charge is 0.481 e. The summed E-state index contributed by atoms with van der Waals surface area (Å²) in [7, 11) is 1.58. The fraction of sp³-hybridized carbons (Fsp3) is 0.810. The van der Waals surface area contributed by atoms with Crippen molar-refractivity contribution in [2.75, 3.05) is 7.11 Å². The van der Waals surface area contributed by atoms with Crippen LogP contribution in [0.15, 0.2) is 11.6 Å². The summed E-state index contributed by atoms with van der Waals surface area (Å²) < 4.78 is 5.72. The monoisotopic (exact) mass is 364 g/mol. The standard InChI is InChI=1S/C21H32O5/c1-18(2,25)21(26-5)10-7-14-13(12-21)15(22)11-16-19(14,3)8-6-9-20(16,4)17(23)24/h12,14,16,25H,6-11H2,1-5H3,(H,23,24). The van der Waals surface area contributed by atoms with E-state index in [0.29, 0.717) is 12.8 Å². The number of carbonyl (C=O) groups is 2. The van der Waals surface area contributed by atoms with Gasteiger partial charge in [-0.15, -0.1) is 0 Å². The van der Waals surface area contributed by atoms with Gasteiger partial charge in [-0.25, -0.2) is 0 Å². The van der Waals surface area contributed by atoms with Crippen molar-refractivity contribution in [2.24, 2.45) is 22.7 Å². The molecule has 0 bridgehead atoms. The average Bonchev–Trinajstić information content (AvgIpc) is 2.55. The normalized spacial score (nSPS) is 43.3. The average molecular weight is 364 g/mol. The molecule has 5 unspecified atom stereocenters. The van der Waals surface area contributed by atoms with Crippen LogP contribution in [-0.4, -0.2) is 40.3 Å². The Bertz CT molecular complexity index is 660. The molecule has 0 aliphatic heterocycles. The third-order valence-corrected chi connectivity index (χ3v) is 7.94. The maximum Gasteiger partial charge on any atom is 0.309 e. The second-order valence-corrected chi connectivity index (χ2v) is 9.61. The molecule has 0 saturated heterocycles. The number of ether oxygens (including phenoxy) is 1. The lowest BCUT2D eigenvalue weighted by atomic mass is 9.45. The molecule has 0 radical (unpaired) electrons. The molecular formula is C21H32O5. The summed E-state index contributed by atoms with van der Waals surface area (Å²) in [4.78, 5) is 25.1. The van der Waals surface area contributed by atoms with Gasteiger partial charge in [0.15, 0.2) is 5.78 Å². The number of ketones is 1. The van der Waals surface area contributed by atoms with Crippen LogP contribution in [0.3, 0.4) is 0 Å². The lowest BCUT2D eigenvalue weighted by Gasteiger charge is -2.59. The first-order valence-corrected chi connectivity index (χ1v) is 9.68. The lowest BCUT2D eigenvalue weighted by Crippen LogP contribution is -2.59. The molecule has 5 nitrogen and oxygen atoms in total. The van der Waals surface area contributed by atoms with Gasteiger partial charge in [0.05, 0.1) is 11.0 Å². The minimum atomic E-state index is -1.10. The summed E-state index contributed by atoms with van der Waals surface area (Å²) in [6.07, 6.45) is 5.93. The number of hydrogen-bond acceptors (Lipinski definition) is 4. The number of carboxylic acid groups (broad SMARTS) is 1. The Morgan fingerprint density at radius 3 is 2.46 bits per heavy atom. The Kier molecular flexibility index (Phi) is 4.44. The SMILES string of the molecule is COC1(C(C)(C)O)C=C2C(=O)CC3C(C)(C(=O)O)CCCC3(C)C2CC1. The molecule has 5 atom stereocenters. The highest BCUT2D eigenvalue weighted by Crippen LogP contribution is 2.63. The number of Topliss-reactive ketones (excluding diaryl/α,β-unsaturated/α-hetero) is 1. The Balaban J connectivity index is 2.08. The third-order valence-electron chi connectivity index (χ3n) is 7.94. The number of aliphatic carboxylic acids is 1. The van der Waals surface area contributed by atoms with Gasteiger partial charge in [-0.05, 0) is 75.4 Å². The van der Waals surface area contributed by atoms with E-state index in [2.05, 4.69) is 6.92 Å². The summed E-state index contributed by atoms with van der Waals surface area (Å²) in [6.45, 7) is 7.42. The highest BCUT2D eigenvalue weighted by atomic mass is 16.5. The van der Waals surface area contributed by atoms with E-state index >= 15 is 0 Å². The van der Waals surface area contributed by atoms with Crippen molar-refractivity contribution in [3.05, 3.63) is 11.6 Å². The van der Waals surface area contributed by atoms with E-state index in [0.717, 1.165) is 24.8 Å². The van der Waals surface area contributed by atoms with Crippen molar-refractivity contribution in [3.8, 4) is 0 Å². The van der Waals surface area contributed by atoms with E-state index in [1.54, 1.807) is 21.0 Å². The van der Waals surface area contributed by atoms with E-state index in [1.165, 1.54) is 0 Å². The number of aliphatic hydroxyl groups is 1. The topological polar surface area (TPSA) is 83.8 Å². The van der Waals surface area contributed by atoms with Crippen LogP contribution in [0.25, 0.3) is 0 Å². The number of methoxy groups -OCH3 is 1. The zero-order valence-corrected chi connectivity index (χ0v) is 16.6. The first-order chi connectivity index (χ1) is 11.9. The molecule has 0 spiro atoms. The summed E-state index contributed by atoms with van der Waals surface area (Å²) >= 11 is 0. The molecule has 0 aromatic rings. The van der Waals surface area contributed by atoms with Crippen molar-refractivity contribution in [3.63, 3.8) is 0 Å². The minimum Gasteiger partial charge on any atom is -0.481 e. The molecule has 146 valence electrons. The molecule has 2 N–H and O–H groups in total. The quantitative estimate of drug-likeness (QED) is 0.802. The van der Waals surface area contributed by atoms with Gasteiger partial charge >= 0.3 is 5.97 Å². The van der Waals surface area contributed by atoms with Crippen molar-refractivity contribution in [1.29, 1.82) is 0 Å². The van der Waals surface area contributed by atoms with Crippen LogP contribution < -0.4 is 0 Å². The summed E-state index contributed by atoms with van der Waals surface area (Å²) in [5.41, 5.74) is -2.28. The number of fused-ring (bicyclic) bond motifs is 3. The molecule has 0 amide bonds. The van der Waals surface area contributed by atoms with Crippen LogP contribution in [0.5, 0.6) is 0 Å². The molecule has 3 rings (SSSR count). The third kappa shape index (κ3) is 2.50. The van der Waals surface area contributed by atoms with Gasteiger partial charge in [-0.1, -0.05) is 13.3 Å². The van der Waals surface area contributed by atoms with Crippen LogP contribution in [0.4, 0.5) is 0 Å². The minimum absolute atomic E-state index is 0.0252. The molecule has 2 fully saturated rings. The number of carboxylic acids is 1. The van der Waals surface area contributed by atoms with E-state index in [-0.39, 0.29) is 29.5 Å². The van der Waals surface area contributed by atoms with Gasteiger partial charge in [-0.2, -0.15) is 0 Å². The van der Waals surface area contributed by atoms with E-state index in [9.17, 15) is 19.8 Å². The fourth-order valence-corrected chi connectivity index (χ4v) is 6.14. The molecular weight excluding hydrogens is 332 g/mol. The molecule has 26 heavy (non-hydrogen) atoms. The number of carbonyl (C=O) groups excluding carboxylic acids is 1. The Morgan fingerprint density at radius 2 is 1.92 bits per heavy atom. The molecule has 0 aromatic carbocycles. The summed E-state index contributed by atoms with van der Waals surface area (Å²) in [6, 6.07) is 0. The van der Waals surface area contributed by atoms with Crippen LogP contribution in [0.2, 0.25) is 0 Å². The second-order valence-electron chi connectivity index (χ2n) is 9.61. The maximum atomic E-state index is 13.1. The van der Waals surface area contributed by atoms with Gasteiger partial charge < -0.3 is 14.9 Å². The zero-order chi connectivity index (χ0) is 19.5. The molecule has 2 saturated carbocycles. The molecule has 3 aliphatic carbocycles. The summed E-state index contributed by atoms with van der Waals surface area (Å²) in [5.74, 6) is -0.865. The zero-order valence-electron chi connectivity index (χ0n) is 16.6. The first-order valence-electron chi connectivity index (χ1n) is 9.68. The Labute approximate surface area is 155 Å². The van der Waals surface area contributed by atoms with Crippen molar-refractivity contribution in [1.82, 2.24) is 0 Å². The molecule has 0 heterocycles. The lowest BCUT2D eigenvalue weighted by molar-refractivity contribution is -0.169. The predicted octanol–water partition coefficient (Wildman–Crippen LogP) is 3.35.